The normalized spacial score (nSPS) is 9.75. The summed E-state index contributed by atoms with van der Waals surface area (Å²) in [5.74, 6) is -0.421. The van der Waals surface area contributed by atoms with Crippen LogP contribution in [-0.2, 0) is 5.88 Å². The number of halogens is 1. The van der Waals surface area contributed by atoms with Crippen LogP contribution in [0.15, 0.2) is 18.2 Å². The van der Waals surface area contributed by atoms with Crippen LogP contribution in [0.4, 0.5) is 5.69 Å². The Balaban J connectivity index is 3.17. The molecule has 4 nitrogen and oxygen atoms in total. The number of nitrogens with zero attached hydrogens (tertiary/aromatic N) is 1. The number of benzene rings is 1. The topological polar surface area (TPSA) is 66.2 Å². The summed E-state index contributed by atoms with van der Waals surface area (Å²) < 4.78 is 0. The maximum Gasteiger partial charge on any atom is 0.262 e. The molecule has 0 spiro atoms. The third kappa shape index (κ3) is 1.65. The summed E-state index contributed by atoms with van der Waals surface area (Å²) in [6.45, 7) is 0. The maximum absolute atomic E-state index is 10.8. The monoisotopic (exact) mass is 186 g/mol. The van der Waals surface area contributed by atoms with Gasteiger partial charge in [-0.1, -0.05) is 12.1 Å². The molecule has 0 unspecified atom stereocenters. The molecule has 0 saturated heterocycles. The summed E-state index contributed by atoms with van der Waals surface area (Å²) in [6, 6.07) is 3.81. The van der Waals surface area contributed by atoms with Crippen LogP contribution in [0.5, 0.6) is 5.75 Å². The Morgan fingerprint density at radius 1 is 1.50 bits per heavy atom. The van der Waals surface area contributed by atoms with Gasteiger partial charge in [0.25, 0.3) is 5.69 Å². The molecule has 0 saturated carbocycles. The number of hydrogen-bond donors (Lipinski definition) is 0. The van der Waals surface area contributed by atoms with Gasteiger partial charge in [-0.05, 0) is 11.3 Å². The predicted molar refractivity (Wildman–Crippen MR) is 42.1 cm³/mol. The second-order valence-electron chi connectivity index (χ2n) is 2.19. The lowest BCUT2D eigenvalue weighted by molar-refractivity contribution is -0.398. The Morgan fingerprint density at radius 2 is 2.17 bits per heavy atom. The molecule has 1 aromatic carbocycles. The third-order valence-electron chi connectivity index (χ3n) is 1.37. The minimum atomic E-state index is -0.710. The first-order valence-electron chi connectivity index (χ1n) is 3.15. The average molecular weight is 187 g/mol. The molecule has 0 fully saturated rings. The smallest absolute Gasteiger partial charge is 0.262 e. The SMILES string of the molecule is O=[N+]([O-])c1cc(CCl)ccc1[O-]. The van der Waals surface area contributed by atoms with Gasteiger partial charge in [0.2, 0.25) is 0 Å². The van der Waals surface area contributed by atoms with Crippen molar-refractivity contribution >= 4 is 17.3 Å². The molecule has 0 amide bonds. The van der Waals surface area contributed by atoms with Crippen LogP contribution >= 0.6 is 11.6 Å². The maximum atomic E-state index is 10.8. The van der Waals surface area contributed by atoms with Crippen molar-refractivity contribution in [2.24, 2.45) is 0 Å². The molecule has 0 N–H and O–H groups in total. The molecule has 0 aliphatic heterocycles. The fourth-order valence-corrected chi connectivity index (χ4v) is 0.955. The molecule has 0 aliphatic rings. The van der Waals surface area contributed by atoms with E-state index in [2.05, 4.69) is 0 Å². The van der Waals surface area contributed by atoms with E-state index in [1.807, 2.05) is 0 Å². The van der Waals surface area contributed by atoms with Gasteiger partial charge in [0.15, 0.2) is 0 Å². The van der Waals surface area contributed by atoms with E-state index < -0.39 is 16.4 Å². The quantitative estimate of drug-likeness (QED) is 0.398. The summed E-state index contributed by atoms with van der Waals surface area (Å²) in [5.41, 5.74) is 0.149. The minimum Gasteiger partial charge on any atom is -0.868 e. The standard InChI is InChI=1S/C7H6ClNO3/c8-4-5-1-2-7(10)6(3-5)9(11)12/h1-3,10H,4H2/p-1. The zero-order valence-corrected chi connectivity index (χ0v) is 6.75. The first-order valence-corrected chi connectivity index (χ1v) is 3.69. The molecule has 0 bridgehead atoms. The number of alkyl halides is 1. The molecule has 0 radical (unpaired) electrons. The van der Waals surface area contributed by atoms with E-state index in [0.717, 1.165) is 6.07 Å². The van der Waals surface area contributed by atoms with Crippen LogP contribution in [0.25, 0.3) is 0 Å². The Kier molecular flexibility index (Phi) is 2.50. The van der Waals surface area contributed by atoms with Crippen molar-refractivity contribution in [3.8, 4) is 5.75 Å². The molecule has 12 heavy (non-hydrogen) atoms. The van der Waals surface area contributed by atoms with Gasteiger partial charge in [-0.2, -0.15) is 0 Å². The fourth-order valence-electron chi connectivity index (χ4n) is 0.789. The van der Waals surface area contributed by atoms with Gasteiger partial charge < -0.3 is 5.11 Å². The van der Waals surface area contributed by atoms with E-state index in [-0.39, 0.29) is 5.88 Å². The lowest BCUT2D eigenvalue weighted by Gasteiger charge is -2.06. The van der Waals surface area contributed by atoms with E-state index in [1.165, 1.54) is 12.1 Å². The van der Waals surface area contributed by atoms with Gasteiger partial charge in [-0.25, -0.2) is 0 Å². The van der Waals surface area contributed by atoms with Crippen molar-refractivity contribution in [2.45, 2.75) is 5.88 Å². The van der Waals surface area contributed by atoms with Crippen LogP contribution < -0.4 is 5.11 Å². The highest BCUT2D eigenvalue weighted by Gasteiger charge is 2.06. The van der Waals surface area contributed by atoms with Crippen LogP contribution in [0.1, 0.15) is 5.56 Å². The number of nitro groups is 1. The van der Waals surface area contributed by atoms with E-state index in [9.17, 15) is 15.2 Å². The fraction of sp³-hybridized carbons (Fsp3) is 0.143. The van der Waals surface area contributed by atoms with Crippen LogP contribution in [-0.4, -0.2) is 4.92 Å². The highest BCUT2D eigenvalue weighted by Crippen LogP contribution is 2.24. The average Bonchev–Trinajstić information content (AvgIpc) is 2.05. The molecule has 64 valence electrons. The molecule has 0 heterocycles. The Labute approximate surface area is 73.5 Å². The first-order chi connectivity index (χ1) is 5.65. The lowest BCUT2D eigenvalue weighted by atomic mass is 10.2. The molecular formula is C7H5ClNO3-. The third-order valence-corrected chi connectivity index (χ3v) is 1.68. The summed E-state index contributed by atoms with van der Waals surface area (Å²) in [7, 11) is 0. The Morgan fingerprint density at radius 3 is 2.67 bits per heavy atom. The molecule has 0 atom stereocenters. The number of hydrogen-bond acceptors (Lipinski definition) is 3. The zero-order valence-electron chi connectivity index (χ0n) is 5.99. The first kappa shape index (κ1) is 8.80. The molecule has 1 rings (SSSR count). The van der Waals surface area contributed by atoms with Gasteiger partial charge in [-0.15, -0.1) is 11.6 Å². The highest BCUT2D eigenvalue weighted by molar-refractivity contribution is 6.17. The molecule has 1 aromatic rings. The second kappa shape index (κ2) is 3.40. The van der Waals surface area contributed by atoms with E-state index >= 15 is 0 Å². The molecular weight excluding hydrogens is 182 g/mol. The second-order valence-corrected chi connectivity index (χ2v) is 2.46. The number of rotatable bonds is 2. The van der Waals surface area contributed by atoms with Gasteiger partial charge in [0.05, 0.1) is 4.92 Å². The van der Waals surface area contributed by atoms with Crippen molar-refractivity contribution in [3.63, 3.8) is 0 Å². The zero-order chi connectivity index (χ0) is 9.14. The molecule has 0 aliphatic carbocycles. The molecule has 0 aromatic heterocycles. The van der Waals surface area contributed by atoms with Crippen molar-refractivity contribution in [2.75, 3.05) is 0 Å². The predicted octanol–water partition coefficient (Wildman–Crippen LogP) is 1.41. The van der Waals surface area contributed by atoms with Crippen LogP contribution in [0.3, 0.4) is 0 Å². The number of nitro benzene ring substituents is 1. The van der Waals surface area contributed by atoms with E-state index in [0.29, 0.717) is 5.56 Å². The van der Waals surface area contributed by atoms with Crippen LogP contribution in [0.2, 0.25) is 0 Å². The van der Waals surface area contributed by atoms with Gasteiger partial charge in [0, 0.05) is 11.9 Å². The largest absolute Gasteiger partial charge is 0.868 e. The summed E-state index contributed by atoms with van der Waals surface area (Å²) in [5, 5.41) is 21.1. The van der Waals surface area contributed by atoms with Crippen molar-refractivity contribution < 1.29 is 10.0 Å². The molecule has 5 heteroatoms. The Bertz CT molecular complexity index is 314. The van der Waals surface area contributed by atoms with Gasteiger partial charge >= 0.3 is 0 Å². The Hall–Kier alpha value is -1.29. The van der Waals surface area contributed by atoms with E-state index in [1.54, 1.807) is 0 Å². The highest BCUT2D eigenvalue weighted by atomic mass is 35.5. The summed E-state index contributed by atoms with van der Waals surface area (Å²) in [6.07, 6.45) is 0. The summed E-state index contributed by atoms with van der Waals surface area (Å²) in [4.78, 5) is 9.54. The van der Waals surface area contributed by atoms with E-state index in [4.69, 9.17) is 11.6 Å². The lowest BCUT2D eigenvalue weighted by Crippen LogP contribution is -1.98. The van der Waals surface area contributed by atoms with Crippen molar-refractivity contribution in [1.29, 1.82) is 0 Å². The van der Waals surface area contributed by atoms with Gasteiger partial charge in [-0.3, -0.25) is 10.1 Å². The van der Waals surface area contributed by atoms with Crippen molar-refractivity contribution in [3.05, 3.63) is 33.9 Å². The summed E-state index contributed by atoms with van der Waals surface area (Å²) >= 11 is 5.43. The van der Waals surface area contributed by atoms with Gasteiger partial charge in [0.1, 0.15) is 0 Å². The van der Waals surface area contributed by atoms with Crippen LogP contribution in [0, 0.1) is 10.1 Å². The minimum absolute atomic E-state index is 0.168. The van der Waals surface area contributed by atoms with Crippen molar-refractivity contribution in [1.82, 2.24) is 0 Å².